The van der Waals surface area contributed by atoms with Gasteiger partial charge in [0.2, 0.25) is 0 Å². The van der Waals surface area contributed by atoms with Crippen LogP contribution in [0, 0.1) is 0 Å². The van der Waals surface area contributed by atoms with E-state index in [1.165, 1.54) is 32.1 Å². The Balaban J connectivity index is 2.32. The number of rotatable bonds is 6. The standard InChI is InChI=1S/C15H32N4/c1-5-19(6-2)13(3)12-17-15(16-4)18-14-10-8-7-9-11-14/h13-14H,5-12H2,1-4H3,(H2,16,17,18). The molecular weight excluding hydrogens is 236 g/mol. The Bertz CT molecular complexity index is 255. The summed E-state index contributed by atoms with van der Waals surface area (Å²) in [6, 6.07) is 1.16. The molecule has 0 aromatic carbocycles. The van der Waals surface area contributed by atoms with E-state index in [2.05, 4.69) is 41.3 Å². The van der Waals surface area contributed by atoms with Crippen molar-refractivity contribution in [3.8, 4) is 0 Å². The van der Waals surface area contributed by atoms with E-state index in [9.17, 15) is 0 Å². The maximum Gasteiger partial charge on any atom is 0.191 e. The molecule has 0 heterocycles. The summed E-state index contributed by atoms with van der Waals surface area (Å²) in [5, 5.41) is 7.02. The zero-order chi connectivity index (χ0) is 14.1. The maximum absolute atomic E-state index is 4.34. The molecule has 0 radical (unpaired) electrons. The van der Waals surface area contributed by atoms with Crippen molar-refractivity contribution >= 4 is 5.96 Å². The van der Waals surface area contributed by atoms with Gasteiger partial charge in [-0.2, -0.15) is 0 Å². The monoisotopic (exact) mass is 268 g/mol. The average molecular weight is 268 g/mol. The van der Waals surface area contributed by atoms with Crippen molar-refractivity contribution in [2.75, 3.05) is 26.7 Å². The first-order valence-electron chi connectivity index (χ1n) is 7.92. The van der Waals surface area contributed by atoms with E-state index in [-0.39, 0.29) is 0 Å². The first-order chi connectivity index (χ1) is 9.21. The largest absolute Gasteiger partial charge is 0.355 e. The number of nitrogens with zero attached hydrogens (tertiary/aromatic N) is 2. The van der Waals surface area contributed by atoms with Crippen LogP contribution in [0.5, 0.6) is 0 Å². The lowest BCUT2D eigenvalue weighted by atomic mass is 9.96. The summed E-state index contributed by atoms with van der Waals surface area (Å²) in [4.78, 5) is 6.80. The lowest BCUT2D eigenvalue weighted by molar-refractivity contribution is 0.231. The van der Waals surface area contributed by atoms with E-state index < -0.39 is 0 Å². The number of likely N-dealkylation sites (N-methyl/N-ethyl adjacent to an activating group) is 1. The lowest BCUT2D eigenvalue weighted by Crippen LogP contribution is -2.48. The van der Waals surface area contributed by atoms with Gasteiger partial charge < -0.3 is 10.6 Å². The van der Waals surface area contributed by atoms with Crippen molar-refractivity contribution in [3.63, 3.8) is 0 Å². The fraction of sp³-hybridized carbons (Fsp3) is 0.933. The van der Waals surface area contributed by atoms with Gasteiger partial charge in [-0.05, 0) is 32.9 Å². The molecule has 1 atom stereocenters. The van der Waals surface area contributed by atoms with E-state index in [0.717, 1.165) is 25.6 Å². The van der Waals surface area contributed by atoms with Gasteiger partial charge >= 0.3 is 0 Å². The van der Waals surface area contributed by atoms with Gasteiger partial charge in [0.1, 0.15) is 0 Å². The Morgan fingerprint density at radius 2 is 1.84 bits per heavy atom. The Labute approximate surface area is 119 Å². The minimum absolute atomic E-state index is 0.542. The van der Waals surface area contributed by atoms with Crippen molar-refractivity contribution in [3.05, 3.63) is 0 Å². The molecule has 0 spiro atoms. The molecule has 0 saturated heterocycles. The maximum atomic E-state index is 4.34. The quantitative estimate of drug-likeness (QED) is 0.573. The Morgan fingerprint density at radius 1 is 1.21 bits per heavy atom. The van der Waals surface area contributed by atoms with Crippen molar-refractivity contribution in [2.45, 2.75) is 65.0 Å². The number of aliphatic imine (C=N–C) groups is 1. The zero-order valence-electron chi connectivity index (χ0n) is 13.2. The van der Waals surface area contributed by atoms with Gasteiger partial charge in [0.25, 0.3) is 0 Å². The second-order valence-electron chi connectivity index (χ2n) is 5.50. The summed E-state index contributed by atoms with van der Waals surface area (Å²) in [7, 11) is 1.86. The molecule has 1 saturated carbocycles. The second-order valence-corrected chi connectivity index (χ2v) is 5.50. The SMILES string of the molecule is CCN(CC)C(C)CNC(=NC)NC1CCCCC1. The van der Waals surface area contributed by atoms with Gasteiger partial charge in [-0.15, -0.1) is 0 Å². The third kappa shape index (κ3) is 5.81. The predicted molar refractivity (Wildman–Crippen MR) is 83.8 cm³/mol. The molecule has 0 bridgehead atoms. The minimum Gasteiger partial charge on any atom is -0.355 e. The summed E-state index contributed by atoms with van der Waals surface area (Å²) >= 11 is 0. The van der Waals surface area contributed by atoms with Crippen LogP contribution in [0.15, 0.2) is 4.99 Å². The highest BCUT2D eigenvalue weighted by Crippen LogP contribution is 2.17. The molecule has 0 aliphatic heterocycles. The third-order valence-corrected chi connectivity index (χ3v) is 4.17. The fourth-order valence-electron chi connectivity index (χ4n) is 2.86. The zero-order valence-corrected chi connectivity index (χ0v) is 13.2. The average Bonchev–Trinajstić information content (AvgIpc) is 2.45. The van der Waals surface area contributed by atoms with Gasteiger partial charge in [-0.1, -0.05) is 33.1 Å². The minimum atomic E-state index is 0.542. The number of guanidine groups is 1. The van der Waals surface area contributed by atoms with Crippen LogP contribution in [0.2, 0.25) is 0 Å². The Morgan fingerprint density at radius 3 is 2.37 bits per heavy atom. The molecule has 1 fully saturated rings. The summed E-state index contributed by atoms with van der Waals surface area (Å²) in [5.74, 6) is 0.964. The van der Waals surface area contributed by atoms with Gasteiger partial charge in [-0.3, -0.25) is 9.89 Å². The normalized spacial score (nSPS) is 19.5. The van der Waals surface area contributed by atoms with E-state index in [4.69, 9.17) is 0 Å². The molecule has 112 valence electrons. The van der Waals surface area contributed by atoms with Gasteiger partial charge in [0.15, 0.2) is 5.96 Å². The summed E-state index contributed by atoms with van der Waals surface area (Å²) in [6.07, 6.45) is 6.66. The predicted octanol–water partition coefficient (Wildman–Crippen LogP) is 2.21. The molecule has 0 amide bonds. The van der Waals surface area contributed by atoms with E-state index >= 15 is 0 Å². The van der Waals surface area contributed by atoms with Crippen molar-refractivity contribution in [2.24, 2.45) is 4.99 Å². The first kappa shape index (κ1) is 16.3. The lowest BCUT2D eigenvalue weighted by Gasteiger charge is -2.29. The van der Waals surface area contributed by atoms with Gasteiger partial charge in [-0.25, -0.2) is 0 Å². The van der Waals surface area contributed by atoms with E-state index in [0.29, 0.717) is 12.1 Å². The molecule has 0 aromatic rings. The van der Waals surface area contributed by atoms with Crippen LogP contribution in [0.3, 0.4) is 0 Å². The summed E-state index contributed by atoms with van der Waals surface area (Å²) < 4.78 is 0. The van der Waals surface area contributed by atoms with Crippen molar-refractivity contribution in [1.29, 1.82) is 0 Å². The smallest absolute Gasteiger partial charge is 0.191 e. The highest BCUT2D eigenvalue weighted by atomic mass is 15.2. The molecule has 2 N–H and O–H groups in total. The molecule has 1 aliphatic carbocycles. The summed E-state index contributed by atoms with van der Waals surface area (Å²) in [6.45, 7) is 9.87. The van der Waals surface area contributed by atoms with Crippen LogP contribution in [0.4, 0.5) is 0 Å². The molecule has 1 rings (SSSR count). The molecular formula is C15H32N4. The number of hydrogen-bond donors (Lipinski definition) is 2. The van der Waals surface area contributed by atoms with Crippen molar-refractivity contribution < 1.29 is 0 Å². The molecule has 1 aliphatic rings. The van der Waals surface area contributed by atoms with E-state index in [1.54, 1.807) is 0 Å². The topological polar surface area (TPSA) is 39.7 Å². The first-order valence-corrected chi connectivity index (χ1v) is 7.92. The molecule has 19 heavy (non-hydrogen) atoms. The fourth-order valence-corrected chi connectivity index (χ4v) is 2.86. The molecule has 0 aromatic heterocycles. The summed E-state index contributed by atoms with van der Waals surface area (Å²) in [5.41, 5.74) is 0. The second kappa shape index (κ2) is 9.18. The van der Waals surface area contributed by atoms with Crippen LogP contribution in [0.1, 0.15) is 52.9 Å². The molecule has 4 heteroatoms. The highest BCUT2D eigenvalue weighted by Gasteiger charge is 2.15. The Kier molecular flexibility index (Phi) is 7.87. The number of nitrogens with one attached hydrogen (secondary N) is 2. The highest BCUT2D eigenvalue weighted by molar-refractivity contribution is 5.79. The third-order valence-electron chi connectivity index (χ3n) is 4.17. The van der Waals surface area contributed by atoms with Gasteiger partial charge in [0.05, 0.1) is 0 Å². The van der Waals surface area contributed by atoms with Gasteiger partial charge in [0, 0.05) is 25.7 Å². The van der Waals surface area contributed by atoms with Crippen molar-refractivity contribution in [1.82, 2.24) is 15.5 Å². The van der Waals surface area contributed by atoms with E-state index in [1.807, 2.05) is 7.05 Å². The molecule has 4 nitrogen and oxygen atoms in total. The van der Waals surface area contributed by atoms with Crippen LogP contribution < -0.4 is 10.6 Å². The van der Waals surface area contributed by atoms with Crippen LogP contribution in [-0.4, -0.2) is 49.6 Å². The van der Waals surface area contributed by atoms with Crippen LogP contribution in [0.25, 0.3) is 0 Å². The Hall–Kier alpha value is -0.770. The van der Waals surface area contributed by atoms with Crippen LogP contribution >= 0.6 is 0 Å². The molecule has 1 unspecified atom stereocenters. The number of hydrogen-bond acceptors (Lipinski definition) is 2. The van der Waals surface area contributed by atoms with Crippen LogP contribution in [-0.2, 0) is 0 Å².